The summed E-state index contributed by atoms with van der Waals surface area (Å²) in [5.74, 6) is -0.487. The lowest BCUT2D eigenvalue weighted by Crippen LogP contribution is -2.42. The van der Waals surface area contributed by atoms with Crippen molar-refractivity contribution in [2.24, 2.45) is 5.73 Å². The second-order valence-corrected chi connectivity index (χ2v) is 5.45. The van der Waals surface area contributed by atoms with Gasteiger partial charge < -0.3 is 15.8 Å². The van der Waals surface area contributed by atoms with Gasteiger partial charge in [0.15, 0.2) is 6.61 Å². The molecule has 0 aromatic heterocycles. The van der Waals surface area contributed by atoms with Crippen molar-refractivity contribution in [2.75, 3.05) is 6.61 Å². The fourth-order valence-electron chi connectivity index (χ4n) is 2.25. The molecule has 21 heavy (non-hydrogen) atoms. The summed E-state index contributed by atoms with van der Waals surface area (Å²) in [6, 6.07) is 4.49. The fourth-order valence-corrected chi connectivity index (χ4v) is 2.37. The molecule has 0 spiro atoms. The summed E-state index contributed by atoms with van der Waals surface area (Å²) in [5.41, 5.74) is 5.81. The SMILES string of the molecule is Cl.N[C@H]1CC[C@H](NC(=O)COc2ccc(Cl)c(F)c2)CC1. The summed E-state index contributed by atoms with van der Waals surface area (Å²) in [4.78, 5) is 11.7. The van der Waals surface area contributed by atoms with Gasteiger partial charge in [-0.15, -0.1) is 12.4 Å². The van der Waals surface area contributed by atoms with E-state index in [0.717, 1.165) is 31.7 Å². The molecule has 7 heteroatoms. The minimum atomic E-state index is -0.564. The number of benzene rings is 1. The van der Waals surface area contributed by atoms with Crippen LogP contribution in [0.5, 0.6) is 5.75 Å². The molecule has 2 rings (SSSR count). The molecule has 0 atom stereocenters. The van der Waals surface area contributed by atoms with Crippen molar-refractivity contribution in [2.45, 2.75) is 37.8 Å². The Morgan fingerprint density at radius 3 is 2.67 bits per heavy atom. The first kappa shape index (κ1) is 18.0. The average Bonchev–Trinajstić information content (AvgIpc) is 2.43. The maximum absolute atomic E-state index is 13.2. The van der Waals surface area contributed by atoms with Gasteiger partial charge in [-0.2, -0.15) is 0 Å². The number of rotatable bonds is 4. The second kappa shape index (κ2) is 8.41. The van der Waals surface area contributed by atoms with Crippen molar-refractivity contribution < 1.29 is 13.9 Å². The molecular formula is C14H19Cl2FN2O2. The highest BCUT2D eigenvalue weighted by molar-refractivity contribution is 6.30. The van der Waals surface area contributed by atoms with Gasteiger partial charge in [0.1, 0.15) is 11.6 Å². The number of halogens is 3. The highest BCUT2D eigenvalue weighted by Crippen LogP contribution is 2.20. The Hall–Kier alpha value is -1.04. The van der Waals surface area contributed by atoms with Crippen LogP contribution in [0.1, 0.15) is 25.7 Å². The quantitative estimate of drug-likeness (QED) is 0.888. The summed E-state index contributed by atoms with van der Waals surface area (Å²) in [7, 11) is 0. The van der Waals surface area contributed by atoms with Gasteiger partial charge in [0.2, 0.25) is 0 Å². The zero-order valence-electron chi connectivity index (χ0n) is 11.5. The molecule has 0 aliphatic heterocycles. The molecule has 0 unspecified atom stereocenters. The van der Waals surface area contributed by atoms with Crippen LogP contribution in [0.2, 0.25) is 5.02 Å². The highest BCUT2D eigenvalue weighted by atomic mass is 35.5. The van der Waals surface area contributed by atoms with Crippen molar-refractivity contribution in [3.05, 3.63) is 29.0 Å². The van der Waals surface area contributed by atoms with Gasteiger partial charge in [0, 0.05) is 18.2 Å². The molecule has 1 saturated carbocycles. The predicted molar refractivity (Wildman–Crippen MR) is 82.5 cm³/mol. The molecule has 1 aromatic rings. The van der Waals surface area contributed by atoms with Crippen LogP contribution in [0.3, 0.4) is 0 Å². The van der Waals surface area contributed by atoms with E-state index in [0.29, 0.717) is 0 Å². The first-order chi connectivity index (χ1) is 9.54. The lowest BCUT2D eigenvalue weighted by Gasteiger charge is -2.26. The van der Waals surface area contributed by atoms with Crippen LogP contribution in [0, 0.1) is 5.82 Å². The molecule has 1 aromatic carbocycles. The first-order valence-corrected chi connectivity index (χ1v) is 7.05. The molecule has 0 radical (unpaired) electrons. The van der Waals surface area contributed by atoms with E-state index in [-0.39, 0.29) is 47.8 Å². The molecule has 4 nitrogen and oxygen atoms in total. The number of carbonyl (C=O) groups excluding carboxylic acids is 1. The lowest BCUT2D eigenvalue weighted by atomic mass is 9.92. The summed E-state index contributed by atoms with van der Waals surface area (Å²) in [6.07, 6.45) is 3.63. The molecule has 3 N–H and O–H groups in total. The van der Waals surface area contributed by atoms with E-state index in [2.05, 4.69) is 5.32 Å². The Balaban J connectivity index is 0.00000220. The molecular weight excluding hydrogens is 318 g/mol. The monoisotopic (exact) mass is 336 g/mol. The third kappa shape index (κ3) is 5.69. The maximum atomic E-state index is 13.2. The van der Waals surface area contributed by atoms with Crippen LogP contribution in [-0.4, -0.2) is 24.6 Å². The van der Waals surface area contributed by atoms with E-state index in [1.54, 1.807) is 0 Å². The maximum Gasteiger partial charge on any atom is 0.258 e. The van der Waals surface area contributed by atoms with Crippen molar-refractivity contribution >= 4 is 29.9 Å². The van der Waals surface area contributed by atoms with Crippen molar-refractivity contribution in [1.29, 1.82) is 0 Å². The summed E-state index contributed by atoms with van der Waals surface area (Å²) in [5, 5.41) is 2.92. The van der Waals surface area contributed by atoms with Gasteiger partial charge in [-0.05, 0) is 37.8 Å². The number of ether oxygens (including phenoxy) is 1. The van der Waals surface area contributed by atoms with Gasteiger partial charge in [0.05, 0.1) is 5.02 Å². The Bertz CT molecular complexity index is 480. The van der Waals surface area contributed by atoms with Gasteiger partial charge in [-0.3, -0.25) is 4.79 Å². The topological polar surface area (TPSA) is 64.3 Å². The van der Waals surface area contributed by atoms with Crippen molar-refractivity contribution in [1.82, 2.24) is 5.32 Å². The van der Waals surface area contributed by atoms with Gasteiger partial charge >= 0.3 is 0 Å². The van der Waals surface area contributed by atoms with E-state index < -0.39 is 5.82 Å². The van der Waals surface area contributed by atoms with Crippen LogP contribution in [0.4, 0.5) is 4.39 Å². The number of hydrogen-bond acceptors (Lipinski definition) is 3. The third-order valence-electron chi connectivity index (χ3n) is 3.40. The summed E-state index contributed by atoms with van der Waals surface area (Å²) in [6.45, 7) is -0.135. The molecule has 118 valence electrons. The van der Waals surface area contributed by atoms with Gasteiger partial charge in [-0.25, -0.2) is 4.39 Å². The molecule has 1 aliphatic rings. The lowest BCUT2D eigenvalue weighted by molar-refractivity contribution is -0.124. The van der Waals surface area contributed by atoms with E-state index in [4.69, 9.17) is 22.1 Å². The molecule has 0 heterocycles. The van der Waals surface area contributed by atoms with Crippen LogP contribution >= 0.6 is 24.0 Å². The smallest absolute Gasteiger partial charge is 0.258 e. The van der Waals surface area contributed by atoms with Crippen LogP contribution in [0.25, 0.3) is 0 Å². The largest absolute Gasteiger partial charge is 0.484 e. The average molecular weight is 337 g/mol. The second-order valence-electron chi connectivity index (χ2n) is 5.04. The Kier molecular flexibility index (Phi) is 7.22. The van der Waals surface area contributed by atoms with Crippen molar-refractivity contribution in [3.8, 4) is 5.75 Å². The third-order valence-corrected chi connectivity index (χ3v) is 3.70. The Morgan fingerprint density at radius 2 is 2.05 bits per heavy atom. The fraction of sp³-hybridized carbons (Fsp3) is 0.500. The number of carbonyl (C=O) groups is 1. The Morgan fingerprint density at radius 1 is 1.38 bits per heavy atom. The highest BCUT2D eigenvalue weighted by Gasteiger charge is 2.20. The first-order valence-electron chi connectivity index (χ1n) is 6.67. The zero-order chi connectivity index (χ0) is 14.5. The molecule has 1 aliphatic carbocycles. The zero-order valence-corrected chi connectivity index (χ0v) is 13.1. The minimum Gasteiger partial charge on any atom is -0.484 e. The number of nitrogens with one attached hydrogen (secondary N) is 1. The minimum absolute atomic E-state index is 0. The van der Waals surface area contributed by atoms with Crippen LogP contribution < -0.4 is 15.8 Å². The molecule has 1 fully saturated rings. The van der Waals surface area contributed by atoms with E-state index >= 15 is 0 Å². The van der Waals surface area contributed by atoms with Crippen molar-refractivity contribution in [3.63, 3.8) is 0 Å². The summed E-state index contributed by atoms with van der Waals surface area (Å²) < 4.78 is 18.4. The molecule has 1 amide bonds. The predicted octanol–water partition coefficient (Wildman–Crippen LogP) is 2.67. The summed E-state index contributed by atoms with van der Waals surface area (Å²) >= 11 is 5.56. The van der Waals surface area contributed by atoms with Gasteiger partial charge in [0.25, 0.3) is 5.91 Å². The van der Waals surface area contributed by atoms with Crippen LogP contribution in [-0.2, 0) is 4.79 Å². The van der Waals surface area contributed by atoms with E-state index in [1.165, 1.54) is 12.1 Å². The number of hydrogen-bond donors (Lipinski definition) is 2. The van der Waals surface area contributed by atoms with E-state index in [1.807, 2.05) is 0 Å². The number of amides is 1. The van der Waals surface area contributed by atoms with E-state index in [9.17, 15) is 9.18 Å². The molecule has 0 saturated heterocycles. The standard InChI is InChI=1S/C14H18ClFN2O2.ClH/c15-12-6-5-11(7-13(12)16)20-8-14(19)18-10-3-1-9(17)2-4-10;/h5-7,9-10H,1-4,8,17H2,(H,18,19);1H/t9-,10-;. The van der Waals surface area contributed by atoms with Crippen LogP contribution in [0.15, 0.2) is 18.2 Å². The number of nitrogens with two attached hydrogens (primary N) is 1. The van der Waals surface area contributed by atoms with Gasteiger partial charge in [-0.1, -0.05) is 11.6 Å². The Labute approximate surface area is 134 Å². The normalized spacial score (nSPS) is 21.3. The molecule has 0 bridgehead atoms.